The maximum absolute atomic E-state index is 4.63. The fourth-order valence-electron chi connectivity index (χ4n) is 3.42. The highest BCUT2D eigenvalue weighted by Gasteiger charge is 2.34. The molecule has 2 fully saturated rings. The van der Waals surface area contributed by atoms with Gasteiger partial charge in [-0.25, -0.2) is 4.68 Å². The standard InChI is InChI=1S/C19H26N6.HI/c1-20-19(22-16-9-11-24(14-16)17-7-8-17)21-13-15-10-12-25(23-15)18-5-3-2-4-6-18;/h2-6,10,12,16-17H,7-9,11,13-14H2,1H3,(H2,20,21,22);1H. The Morgan fingerprint density at radius 2 is 2.00 bits per heavy atom. The predicted octanol–water partition coefficient (Wildman–Crippen LogP) is 2.39. The van der Waals surface area contributed by atoms with E-state index >= 15 is 0 Å². The number of hydrogen-bond acceptors (Lipinski definition) is 3. The van der Waals surface area contributed by atoms with Crippen LogP contribution < -0.4 is 10.6 Å². The second kappa shape index (κ2) is 8.85. The highest BCUT2D eigenvalue weighted by molar-refractivity contribution is 14.0. The average molecular weight is 466 g/mol. The molecule has 1 atom stereocenters. The zero-order chi connectivity index (χ0) is 17.1. The Morgan fingerprint density at radius 1 is 1.19 bits per heavy atom. The second-order valence-corrected chi connectivity index (χ2v) is 6.87. The number of aromatic nitrogens is 2. The van der Waals surface area contributed by atoms with Crippen LogP contribution in [0, 0.1) is 0 Å². The van der Waals surface area contributed by atoms with Gasteiger partial charge in [0.15, 0.2) is 5.96 Å². The Labute approximate surface area is 172 Å². The molecule has 2 aliphatic rings. The second-order valence-electron chi connectivity index (χ2n) is 6.87. The van der Waals surface area contributed by atoms with E-state index in [9.17, 15) is 0 Å². The molecule has 0 spiro atoms. The lowest BCUT2D eigenvalue weighted by atomic mass is 10.3. The largest absolute Gasteiger partial charge is 0.352 e. The first kappa shape index (κ1) is 19.2. The van der Waals surface area contributed by atoms with Crippen molar-refractivity contribution in [3.05, 3.63) is 48.3 Å². The summed E-state index contributed by atoms with van der Waals surface area (Å²) in [5.74, 6) is 0.858. The quantitative estimate of drug-likeness (QED) is 0.404. The smallest absolute Gasteiger partial charge is 0.191 e. The van der Waals surface area contributed by atoms with Gasteiger partial charge >= 0.3 is 0 Å². The third kappa shape index (κ3) is 4.76. The lowest BCUT2D eigenvalue weighted by molar-refractivity contribution is 0.321. The minimum Gasteiger partial charge on any atom is -0.352 e. The predicted molar refractivity (Wildman–Crippen MR) is 115 cm³/mol. The topological polar surface area (TPSA) is 57.5 Å². The van der Waals surface area contributed by atoms with Crippen molar-refractivity contribution in [3.63, 3.8) is 0 Å². The van der Waals surface area contributed by atoms with Gasteiger partial charge in [-0.2, -0.15) is 5.10 Å². The van der Waals surface area contributed by atoms with Crippen molar-refractivity contribution in [3.8, 4) is 5.69 Å². The van der Waals surface area contributed by atoms with Crippen LogP contribution in [0.25, 0.3) is 5.69 Å². The van der Waals surface area contributed by atoms with Gasteiger partial charge in [0.05, 0.1) is 17.9 Å². The van der Waals surface area contributed by atoms with Crippen LogP contribution in [0.2, 0.25) is 0 Å². The van der Waals surface area contributed by atoms with E-state index in [1.165, 1.54) is 25.8 Å². The molecule has 1 aliphatic heterocycles. The van der Waals surface area contributed by atoms with Crippen molar-refractivity contribution < 1.29 is 0 Å². The van der Waals surface area contributed by atoms with Gasteiger partial charge in [-0.15, -0.1) is 24.0 Å². The van der Waals surface area contributed by atoms with Crippen LogP contribution in [-0.2, 0) is 6.54 Å². The van der Waals surface area contributed by atoms with Crippen molar-refractivity contribution in [2.45, 2.75) is 37.9 Å². The third-order valence-corrected chi connectivity index (χ3v) is 4.95. The summed E-state index contributed by atoms with van der Waals surface area (Å²) in [7, 11) is 1.82. The van der Waals surface area contributed by atoms with Crippen LogP contribution in [0.1, 0.15) is 25.0 Å². The molecule has 4 rings (SSSR count). The maximum Gasteiger partial charge on any atom is 0.191 e. The Hall–Kier alpha value is -1.61. The van der Waals surface area contributed by atoms with E-state index in [4.69, 9.17) is 0 Å². The molecule has 2 aromatic rings. The number of benzene rings is 1. The number of nitrogens with one attached hydrogen (secondary N) is 2. The van der Waals surface area contributed by atoms with Crippen LogP contribution in [0.4, 0.5) is 0 Å². The highest BCUT2D eigenvalue weighted by atomic mass is 127. The SMILES string of the molecule is CN=C(NCc1ccn(-c2ccccc2)n1)NC1CCN(C2CC2)C1.I. The molecule has 1 saturated heterocycles. The van der Waals surface area contributed by atoms with Gasteiger partial charge in [0.1, 0.15) is 0 Å². The Bertz CT molecular complexity index is 725. The van der Waals surface area contributed by atoms with Crippen molar-refractivity contribution in [1.29, 1.82) is 0 Å². The molecule has 2 heterocycles. The third-order valence-electron chi connectivity index (χ3n) is 4.95. The van der Waals surface area contributed by atoms with Crippen molar-refractivity contribution in [2.24, 2.45) is 4.99 Å². The van der Waals surface area contributed by atoms with Gasteiger partial charge in [-0.05, 0) is 37.5 Å². The van der Waals surface area contributed by atoms with Crippen molar-refractivity contribution in [1.82, 2.24) is 25.3 Å². The molecule has 0 amide bonds. The van der Waals surface area contributed by atoms with Crippen molar-refractivity contribution in [2.75, 3.05) is 20.1 Å². The molecular formula is C19H27IN6. The molecule has 0 bridgehead atoms. The van der Waals surface area contributed by atoms with Crippen molar-refractivity contribution >= 4 is 29.9 Å². The molecule has 6 nitrogen and oxygen atoms in total. The fraction of sp³-hybridized carbons (Fsp3) is 0.474. The molecule has 1 saturated carbocycles. The number of para-hydroxylation sites is 1. The van der Waals surface area contributed by atoms with Crippen LogP contribution >= 0.6 is 24.0 Å². The fourth-order valence-corrected chi connectivity index (χ4v) is 3.42. The molecular weight excluding hydrogens is 439 g/mol. The molecule has 140 valence electrons. The maximum atomic E-state index is 4.63. The normalized spacial score (nSPS) is 20.7. The summed E-state index contributed by atoms with van der Waals surface area (Å²) in [6.07, 6.45) is 5.94. The number of likely N-dealkylation sites (tertiary alicyclic amines) is 1. The average Bonchev–Trinajstić information content (AvgIpc) is 3.21. The zero-order valence-corrected chi connectivity index (χ0v) is 17.5. The summed E-state index contributed by atoms with van der Waals surface area (Å²) in [4.78, 5) is 6.96. The van der Waals surface area contributed by atoms with E-state index in [-0.39, 0.29) is 24.0 Å². The Kier molecular flexibility index (Phi) is 6.53. The van der Waals surface area contributed by atoms with Crippen LogP contribution in [0.15, 0.2) is 47.6 Å². The monoisotopic (exact) mass is 466 g/mol. The van der Waals surface area contributed by atoms with E-state index in [2.05, 4.69) is 37.8 Å². The zero-order valence-electron chi connectivity index (χ0n) is 15.1. The summed E-state index contributed by atoms with van der Waals surface area (Å²) in [6, 6.07) is 13.5. The van der Waals surface area contributed by atoms with E-state index in [0.717, 1.165) is 29.9 Å². The number of rotatable bonds is 5. The molecule has 26 heavy (non-hydrogen) atoms. The molecule has 0 radical (unpaired) electrons. The molecule has 7 heteroatoms. The van der Waals surface area contributed by atoms with E-state index in [1.54, 1.807) is 0 Å². The lowest BCUT2D eigenvalue weighted by Gasteiger charge is -2.18. The number of nitrogens with zero attached hydrogens (tertiary/aromatic N) is 4. The molecule has 2 N–H and O–H groups in total. The minimum absolute atomic E-state index is 0. The highest BCUT2D eigenvalue weighted by Crippen LogP contribution is 2.29. The van der Waals surface area contributed by atoms with Gasteiger partial charge in [0.2, 0.25) is 0 Å². The molecule has 1 unspecified atom stereocenters. The summed E-state index contributed by atoms with van der Waals surface area (Å²) in [5, 5.41) is 11.6. The number of guanidine groups is 1. The van der Waals surface area contributed by atoms with Gasteiger partial charge in [0.25, 0.3) is 0 Å². The first-order chi connectivity index (χ1) is 12.3. The van der Waals surface area contributed by atoms with E-state index in [1.807, 2.05) is 42.2 Å². The van der Waals surface area contributed by atoms with Gasteiger partial charge in [-0.1, -0.05) is 18.2 Å². The van der Waals surface area contributed by atoms with Crippen LogP contribution in [-0.4, -0.2) is 52.9 Å². The summed E-state index contributed by atoms with van der Waals surface area (Å²) < 4.78 is 1.90. The Morgan fingerprint density at radius 3 is 2.73 bits per heavy atom. The number of aliphatic imine (C=N–C) groups is 1. The van der Waals surface area contributed by atoms with Crippen LogP contribution in [0.3, 0.4) is 0 Å². The first-order valence-electron chi connectivity index (χ1n) is 9.13. The van der Waals surface area contributed by atoms with Gasteiger partial charge in [0, 0.05) is 38.4 Å². The minimum atomic E-state index is 0. The summed E-state index contributed by atoms with van der Waals surface area (Å²) in [5.41, 5.74) is 2.07. The first-order valence-corrected chi connectivity index (χ1v) is 9.13. The number of hydrogen-bond donors (Lipinski definition) is 2. The molecule has 1 aromatic carbocycles. The van der Waals surface area contributed by atoms with E-state index in [0.29, 0.717) is 12.6 Å². The summed E-state index contributed by atoms with van der Waals surface area (Å²) >= 11 is 0. The molecule has 1 aliphatic carbocycles. The van der Waals surface area contributed by atoms with E-state index < -0.39 is 0 Å². The van der Waals surface area contributed by atoms with Crippen LogP contribution in [0.5, 0.6) is 0 Å². The van der Waals surface area contributed by atoms with Gasteiger partial charge < -0.3 is 10.6 Å². The molecule has 1 aromatic heterocycles. The van der Waals surface area contributed by atoms with Gasteiger partial charge in [-0.3, -0.25) is 9.89 Å². The lowest BCUT2D eigenvalue weighted by Crippen LogP contribution is -2.44. The summed E-state index contributed by atoms with van der Waals surface area (Å²) in [6.45, 7) is 3.01. The number of halogens is 1. The Balaban J connectivity index is 0.00000196.